The van der Waals surface area contributed by atoms with Gasteiger partial charge in [-0.25, -0.2) is 0 Å². The van der Waals surface area contributed by atoms with Crippen LogP contribution in [0.2, 0.25) is 0 Å². The number of nitrogens with zero attached hydrogens (tertiary/aromatic N) is 1. The molecule has 0 bridgehead atoms. The molecule has 0 rings (SSSR count). The second-order valence-electron chi connectivity index (χ2n) is 4.18. The van der Waals surface area contributed by atoms with E-state index in [0.29, 0.717) is 19.0 Å². The maximum absolute atomic E-state index is 11.9. The lowest BCUT2D eigenvalue weighted by Gasteiger charge is -2.24. The summed E-state index contributed by atoms with van der Waals surface area (Å²) in [6, 6.07) is 0.515. The molecule has 0 heterocycles. The highest BCUT2D eigenvalue weighted by atomic mass is 16.2. The van der Waals surface area contributed by atoms with Crippen LogP contribution >= 0.6 is 0 Å². The van der Waals surface area contributed by atoms with Crippen molar-refractivity contribution in [1.82, 2.24) is 10.2 Å². The van der Waals surface area contributed by atoms with Gasteiger partial charge in [0.25, 0.3) is 0 Å². The molecule has 1 amide bonds. The third-order valence-electron chi connectivity index (χ3n) is 2.95. The highest BCUT2D eigenvalue weighted by Gasteiger charge is 2.17. The first-order chi connectivity index (χ1) is 7.58. The number of carbonyl (C=O) groups is 1. The average molecular weight is 229 g/mol. The largest absolute Gasteiger partial charge is 0.343 e. The minimum atomic E-state index is 0.100. The predicted molar refractivity (Wildman–Crippen MR) is 68.3 cm³/mol. The van der Waals surface area contributed by atoms with E-state index >= 15 is 0 Å². The highest BCUT2D eigenvalue weighted by Crippen LogP contribution is 2.00. The van der Waals surface area contributed by atoms with Gasteiger partial charge in [0.1, 0.15) is 0 Å². The molecule has 96 valence electrons. The highest BCUT2D eigenvalue weighted by molar-refractivity contribution is 5.76. The van der Waals surface area contributed by atoms with Gasteiger partial charge in [-0.2, -0.15) is 0 Å². The van der Waals surface area contributed by atoms with Crippen molar-refractivity contribution in [1.29, 1.82) is 0 Å². The summed E-state index contributed by atoms with van der Waals surface area (Å²) in [4.78, 5) is 13.7. The summed E-state index contributed by atoms with van der Waals surface area (Å²) < 4.78 is 0. The minimum Gasteiger partial charge on any atom is -0.343 e. The third kappa shape index (κ3) is 5.47. The van der Waals surface area contributed by atoms with Crippen LogP contribution in [0.25, 0.3) is 0 Å². The fourth-order valence-electron chi connectivity index (χ4n) is 1.65. The number of nitrogens with one attached hydrogen (secondary N) is 1. The van der Waals surface area contributed by atoms with E-state index in [1.807, 2.05) is 18.7 Å². The van der Waals surface area contributed by atoms with Crippen molar-refractivity contribution in [3.05, 3.63) is 0 Å². The van der Waals surface area contributed by atoms with Crippen LogP contribution in [-0.4, -0.2) is 42.5 Å². The molecule has 0 aliphatic rings. The molecule has 0 fully saturated rings. The zero-order chi connectivity index (χ0) is 12.6. The lowest BCUT2D eigenvalue weighted by atomic mass is 10.1. The van der Waals surface area contributed by atoms with Gasteiger partial charge in [-0.15, -0.1) is 0 Å². The Morgan fingerprint density at radius 2 is 1.88 bits per heavy atom. The van der Waals surface area contributed by atoms with E-state index in [1.165, 1.54) is 0 Å². The molecule has 3 N–H and O–H groups in total. The molecular weight excluding hydrogens is 202 g/mol. The number of hydrogen-bond acceptors (Lipinski definition) is 3. The fourth-order valence-corrected chi connectivity index (χ4v) is 1.65. The molecule has 16 heavy (non-hydrogen) atoms. The molecule has 0 spiro atoms. The number of rotatable bonds is 8. The number of nitrogens with two attached hydrogens (primary N) is 1. The molecule has 2 unspecified atom stereocenters. The molecule has 0 aliphatic carbocycles. The average Bonchev–Trinajstić information content (AvgIpc) is 2.29. The summed E-state index contributed by atoms with van der Waals surface area (Å²) in [7, 11) is 0. The monoisotopic (exact) mass is 229 g/mol. The Bertz CT molecular complexity index is 193. The van der Waals surface area contributed by atoms with Gasteiger partial charge in [-0.05, 0) is 27.2 Å². The molecule has 0 aliphatic heterocycles. The summed E-state index contributed by atoms with van der Waals surface area (Å²) in [6.07, 6.45) is 1.55. The molecule has 0 aromatic rings. The molecule has 0 aromatic carbocycles. The van der Waals surface area contributed by atoms with Gasteiger partial charge < -0.3 is 16.0 Å². The first kappa shape index (κ1) is 15.4. The Balaban J connectivity index is 4.15. The summed E-state index contributed by atoms with van der Waals surface area (Å²) in [6.45, 7) is 10.3. The lowest BCUT2D eigenvalue weighted by Crippen LogP contribution is -2.45. The first-order valence-corrected chi connectivity index (χ1v) is 6.32. The van der Waals surface area contributed by atoms with E-state index in [4.69, 9.17) is 5.73 Å². The minimum absolute atomic E-state index is 0.100. The second kappa shape index (κ2) is 8.53. The van der Waals surface area contributed by atoms with Crippen LogP contribution in [0.5, 0.6) is 0 Å². The topological polar surface area (TPSA) is 58.4 Å². The van der Waals surface area contributed by atoms with Crippen molar-refractivity contribution < 1.29 is 4.79 Å². The van der Waals surface area contributed by atoms with E-state index in [-0.39, 0.29) is 11.9 Å². The van der Waals surface area contributed by atoms with Crippen molar-refractivity contribution in [3.8, 4) is 0 Å². The molecule has 0 saturated carbocycles. The molecular formula is C12H27N3O. The molecule has 0 aromatic heterocycles. The molecule has 4 heteroatoms. The standard InChI is InChI=1S/C12H27N3O/c1-5-10(4)14-11(9-13)8-12(16)15(6-2)7-3/h10-11,14H,5-9,13H2,1-4H3. The van der Waals surface area contributed by atoms with Crippen LogP contribution < -0.4 is 11.1 Å². The number of hydrogen-bond donors (Lipinski definition) is 2. The predicted octanol–water partition coefficient (Wildman–Crippen LogP) is 0.960. The van der Waals surface area contributed by atoms with Crippen LogP contribution in [0.15, 0.2) is 0 Å². The van der Waals surface area contributed by atoms with Crippen molar-refractivity contribution in [2.45, 2.75) is 52.6 Å². The van der Waals surface area contributed by atoms with E-state index in [0.717, 1.165) is 19.5 Å². The van der Waals surface area contributed by atoms with Gasteiger partial charge in [0, 0.05) is 38.1 Å². The third-order valence-corrected chi connectivity index (χ3v) is 2.95. The Morgan fingerprint density at radius 3 is 2.25 bits per heavy atom. The lowest BCUT2D eigenvalue weighted by molar-refractivity contribution is -0.131. The van der Waals surface area contributed by atoms with E-state index < -0.39 is 0 Å². The maximum Gasteiger partial charge on any atom is 0.224 e. The van der Waals surface area contributed by atoms with Crippen molar-refractivity contribution in [3.63, 3.8) is 0 Å². The number of carbonyl (C=O) groups excluding carboxylic acids is 1. The molecule has 2 atom stereocenters. The second-order valence-corrected chi connectivity index (χ2v) is 4.18. The van der Waals surface area contributed by atoms with Crippen LogP contribution in [-0.2, 0) is 4.79 Å². The number of amides is 1. The Kier molecular flexibility index (Phi) is 8.21. The normalized spacial score (nSPS) is 14.6. The van der Waals surface area contributed by atoms with Gasteiger partial charge in [-0.3, -0.25) is 4.79 Å². The van der Waals surface area contributed by atoms with Crippen LogP contribution in [0, 0.1) is 0 Å². The van der Waals surface area contributed by atoms with E-state index in [9.17, 15) is 4.79 Å². The van der Waals surface area contributed by atoms with E-state index in [2.05, 4.69) is 19.2 Å². The Hall–Kier alpha value is -0.610. The smallest absolute Gasteiger partial charge is 0.224 e. The van der Waals surface area contributed by atoms with Crippen LogP contribution in [0.3, 0.4) is 0 Å². The van der Waals surface area contributed by atoms with Crippen molar-refractivity contribution in [2.75, 3.05) is 19.6 Å². The van der Waals surface area contributed by atoms with Crippen LogP contribution in [0.1, 0.15) is 40.5 Å². The van der Waals surface area contributed by atoms with Gasteiger partial charge in [0.05, 0.1) is 0 Å². The molecule has 0 saturated heterocycles. The zero-order valence-corrected chi connectivity index (χ0v) is 11.1. The van der Waals surface area contributed by atoms with Crippen LogP contribution in [0.4, 0.5) is 0 Å². The summed E-state index contributed by atoms with van der Waals surface area (Å²) in [5.74, 6) is 0.191. The first-order valence-electron chi connectivity index (χ1n) is 6.32. The van der Waals surface area contributed by atoms with Gasteiger partial charge in [-0.1, -0.05) is 6.92 Å². The Labute approximate surface area is 99.6 Å². The Morgan fingerprint density at radius 1 is 1.31 bits per heavy atom. The zero-order valence-electron chi connectivity index (χ0n) is 11.1. The van der Waals surface area contributed by atoms with Gasteiger partial charge >= 0.3 is 0 Å². The van der Waals surface area contributed by atoms with E-state index in [1.54, 1.807) is 0 Å². The quantitative estimate of drug-likeness (QED) is 0.652. The van der Waals surface area contributed by atoms with Gasteiger partial charge in [0.15, 0.2) is 0 Å². The molecule has 4 nitrogen and oxygen atoms in total. The maximum atomic E-state index is 11.9. The molecule has 0 radical (unpaired) electrons. The van der Waals surface area contributed by atoms with Crippen molar-refractivity contribution in [2.24, 2.45) is 5.73 Å². The fraction of sp³-hybridized carbons (Fsp3) is 0.917. The van der Waals surface area contributed by atoms with Crippen molar-refractivity contribution >= 4 is 5.91 Å². The summed E-state index contributed by atoms with van der Waals surface area (Å²) >= 11 is 0. The SMILES string of the molecule is CCC(C)NC(CN)CC(=O)N(CC)CC. The van der Waals surface area contributed by atoms with Gasteiger partial charge in [0.2, 0.25) is 5.91 Å². The summed E-state index contributed by atoms with van der Waals surface area (Å²) in [5, 5.41) is 3.38. The summed E-state index contributed by atoms with van der Waals surface area (Å²) in [5.41, 5.74) is 5.67.